The van der Waals surface area contributed by atoms with E-state index in [1.807, 2.05) is 0 Å². The van der Waals surface area contributed by atoms with E-state index in [4.69, 9.17) is 10.5 Å². The molecule has 3 nitrogen and oxygen atoms in total. The number of esters is 1. The van der Waals surface area contributed by atoms with Crippen molar-refractivity contribution in [2.24, 2.45) is 17.6 Å². The Morgan fingerprint density at radius 3 is 2.73 bits per heavy atom. The van der Waals surface area contributed by atoms with Crippen LogP contribution >= 0.6 is 0 Å². The molecule has 0 bridgehead atoms. The number of carbonyl (C=O) groups excluding carboxylic acids is 1. The Labute approximate surface area is 92.4 Å². The van der Waals surface area contributed by atoms with Crippen LogP contribution in [-0.4, -0.2) is 18.6 Å². The van der Waals surface area contributed by atoms with Gasteiger partial charge in [-0.1, -0.05) is 20.3 Å². The van der Waals surface area contributed by atoms with Crippen LogP contribution in [0.3, 0.4) is 0 Å². The van der Waals surface area contributed by atoms with Gasteiger partial charge in [0.05, 0.1) is 12.5 Å². The number of hydrogen-bond acceptors (Lipinski definition) is 3. The summed E-state index contributed by atoms with van der Waals surface area (Å²) in [5.41, 5.74) is 5.83. The molecule has 0 aromatic carbocycles. The van der Waals surface area contributed by atoms with E-state index in [1.165, 1.54) is 0 Å². The molecule has 2 unspecified atom stereocenters. The van der Waals surface area contributed by atoms with Crippen molar-refractivity contribution in [2.75, 3.05) is 6.61 Å². The second kappa shape index (κ2) is 6.11. The number of nitrogens with two attached hydrogens (primary N) is 1. The molecule has 1 fully saturated rings. The van der Waals surface area contributed by atoms with Crippen molar-refractivity contribution >= 4 is 5.97 Å². The summed E-state index contributed by atoms with van der Waals surface area (Å²) in [6.07, 6.45) is 5.01. The van der Waals surface area contributed by atoms with Crippen LogP contribution in [0.2, 0.25) is 0 Å². The van der Waals surface area contributed by atoms with Gasteiger partial charge in [0.15, 0.2) is 0 Å². The summed E-state index contributed by atoms with van der Waals surface area (Å²) < 4.78 is 5.23. The first-order chi connectivity index (χ1) is 7.11. The lowest BCUT2D eigenvalue weighted by molar-refractivity contribution is -0.148. The average molecular weight is 213 g/mol. The Kier molecular flexibility index (Phi) is 5.09. The number of carbonyl (C=O) groups is 1. The predicted octanol–water partition coefficient (Wildman–Crippen LogP) is 2.09. The first-order valence-corrected chi connectivity index (χ1v) is 6.03. The Bertz CT molecular complexity index is 204. The predicted molar refractivity (Wildman–Crippen MR) is 60.3 cm³/mol. The summed E-state index contributed by atoms with van der Waals surface area (Å²) in [4.78, 5) is 11.6. The molecule has 0 aliphatic heterocycles. The first kappa shape index (κ1) is 12.5. The molecule has 1 rings (SSSR count). The van der Waals surface area contributed by atoms with Crippen LogP contribution in [-0.2, 0) is 9.53 Å². The molecular formula is C12H23NO2. The molecule has 0 heterocycles. The van der Waals surface area contributed by atoms with E-state index in [1.54, 1.807) is 0 Å². The molecule has 1 aliphatic carbocycles. The summed E-state index contributed by atoms with van der Waals surface area (Å²) in [6, 6.07) is 0.0302. The minimum Gasteiger partial charge on any atom is -0.465 e. The second-order valence-electron chi connectivity index (χ2n) is 4.90. The van der Waals surface area contributed by atoms with E-state index >= 15 is 0 Å². The standard InChI is InChI=1S/C12H23NO2/c1-9(2)5-4-8-15-12(14)10-6-3-7-11(10)13/h9-11H,3-8,13H2,1-2H3. The highest BCUT2D eigenvalue weighted by Gasteiger charge is 2.31. The summed E-state index contributed by atoms with van der Waals surface area (Å²) in [5, 5.41) is 0. The molecule has 0 amide bonds. The van der Waals surface area contributed by atoms with Crippen LogP contribution < -0.4 is 5.73 Å². The van der Waals surface area contributed by atoms with Crippen LogP contribution in [0.5, 0.6) is 0 Å². The summed E-state index contributed by atoms with van der Waals surface area (Å²) >= 11 is 0. The van der Waals surface area contributed by atoms with Crippen LogP contribution in [0, 0.1) is 11.8 Å². The zero-order valence-electron chi connectivity index (χ0n) is 9.87. The smallest absolute Gasteiger partial charge is 0.310 e. The topological polar surface area (TPSA) is 52.3 Å². The fraction of sp³-hybridized carbons (Fsp3) is 0.917. The van der Waals surface area contributed by atoms with Gasteiger partial charge in [-0.05, 0) is 31.6 Å². The lowest BCUT2D eigenvalue weighted by Gasteiger charge is -2.14. The summed E-state index contributed by atoms with van der Waals surface area (Å²) in [5.74, 6) is 0.560. The van der Waals surface area contributed by atoms with Gasteiger partial charge < -0.3 is 10.5 Å². The van der Waals surface area contributed by atoms with Crippen molar-refractivity contribution in [1.29, 1.82) is 0 Å². The van der Waals surface area contributed by atoms with E-state index in [0.29, 0.717) is 12.5 Å². The van der Waals surface area contributed by atoms with Gasteiger partial charge >= 0.3 is 5.97 Å². The van der Waals surface area contributed by atoms with E-state index in [9.17, 15) is 4.79 Å². The molecule has 1 saturated carbocycles. The maximum absolute atomic E-state index is 11.6. The third-order valence-electron chi connectivity index (χ3n) is 3.04. The van der Waals surface area contributed by atoms with Crippen molar-refractivity contribution in [3.05, 3.63) is 0 Å². The number of rotatable bonds is 5. The number of ether oxygens (including phenoxy) is 1. The Hall–Kier alpha value is -0.570. The molecule has 88 valence electrons. The highest BCUT2D eigenvalue weighted by Crippen LogP contribution is 2.25. The molecule has 0 aromatic heterocycles. The van der Waals surface area contributed by atoms with Crippen molar-refractivity contribution < 1.29 is 9.53 Å². The van der Waals surface area contributed by atoms with Gasteiger partial charge in [0, 0.05) is 6.04 Å². The van der Waals surface area contributed by atoms with Gasteiger partial charge in [-0.15, -0.1) is 0 Å². The highest BCUT2D eigenvalue weighted by molar-refractivity contribution is 5.73. The zero-order valence-corrected chi connectivity index (χ0v) is 9.87. The maximum atomic E-state index is 11.6. The number of hydrogen-bond donors (Lipinski definition) is 1. The molecule has 1 aliphatic rings. The SMILES string of the molecule is CC(C)CCCOC(=O)C1CCCC1N. The first-order valence-electron chi connectivity index (χ1n) is 6.03. The van der Waals surface area contributed by atoms with Gasteiger partial charge in [-0.2, -0.15) is 0 Å². The normalized spacial score (nSPS) is 25.9. The van der Waals surface area contributed by atoms with Crippen LogP contribution in [0.4, 0.5) is 0 Å². The third-order valence-corrected chi connectivity index (χ3v) is 3.04. The fourth-order valence-electron chi connectivity index (χ4n) is 2.05. The van der Waals surface area contributed by atoms with Crippen LogP contribution in [0.15, 0.2) is 0 Å². The molecule has 0 aromatic rings. The largest absolute Gasteiger partial charge is 0.465 e. The second-order valence-corrected chi connectivity index (χ2v) is 4.90. The van der Waals surface area contributed by atoms with Gasteiger partial charge in [-0.3, -0.25) is 4.79 Å². The van der Waals surface area contributed by atoms with Crippen molar-refractivity contribution in [2.45, 2.75) is 52.0 Å². The quantitative estimate of drug-likeness (QED) is 0.562. The Morgan fingerprint density at radius 2 is 2.20 bits per heavy atom. The van der Waals surface area contributed by atoms with E-state index in [2.05, 4.69) is 13.8 Å². The molecule has 2 atom stereocenters. The highest BCUT2D eigenvalue weighted by atomic mass is 16.5. The lowest BCUT2D eigenvalue weighted by Crippen LogP contribution is -2.32. The lowest BCUT2D eigenvalue weighted by atomic mass is 10.1. The molecule has 0 saturated heterocycles. The van der Waals surface area contributed by atoms with Gasteiger partial charge in [0.2, 0.25) is 0 Å². The zero-order chi connectivity index (χ0) is 11.3. The monoisotopic (exact) mass is 213 g/mol. The van der Waals surface area contributed by atoms with Gasteiger partial charge in [0.1, 0.15) is 0 Å². The minimum absolute atomic E-state index is 0.0302. The minimum atomic E-state index is -0.0799. The van der Waals surface area contributed by atoms with E-state index in [-0.39, 0.29) is 17.9 Å². The summed E-state index contributed by atoms with van der Waals surface area (Å²) in [7, 11) is 0. The maximum Gasteiger partial charge on any atom is 0.310 e. The van der Waals surface area contributed by atoms with Crippen LogP contribution in [0.25, 0.3) is 0 Å². The molecule has 15 heavy (non-hydrogen) atoms. The fourth-order valence-corrected chi connectivity index (χ4v) is 2.05. The average Bonchev–Trinajstić information content (AvgIpc) is 2.58. The van der Waals surface area contributed by atoms with Crippen molar-refractivity contribution in [3.63, 3.8) is 0 Å². The molecule has 2 N–H and O–H groups in total. The molecule has 0 spiro atoms. The van der Waals surface area contributed by atoms with Gasteiger partial charge in [0.25, 0.3) is 0 Å². The van der Waals surface area contributed by atoms with Crippen molar-refractivity contribution in [3.8, 4) is 0 Å². The Morgan fingerprint density at radius 1 is 1.47 bits per heavy atom. The van der Waals surface area contributed by atoms with E-state index in [0.717, 1.165) is 32.1 Å². The van der Waals surface area contributed by atoms with E-state index < -0.39 is 0 Å². The molecule has 0 radical (unpaired) electrons. The van der Waals surface area contributed by atoms with Crippen molar-refractivity contribution in [1.82, 2.24) is 0 Å². The Balaban J connectivity index is 2.13. The van der Waals surface area contributed by atoms with Crippen LogP contribution in [0.1, 0.15) is 46.0 Å². The molecule has 3 heteroatoms. The van der Waals surface area contributed by atoms with Gasteiger partial charge in [-0.25, -0.2) is 0 Å². The third kappa shape index (κ3) is 4.20. The molecular weight excluding hydrogens is 190 g/mol. The summed E-state index contributed by atoms with van der Waals surface area (Å²) in [6.45, 7) is 4.91.